The van der Waals surface area contributed by atoms with E-state index in [1.54, 1.807) is 0 Å². The smallest absolute Gasteiger partial charge is 0.264 e. The van der Waals surface area contributed by atoms with Crippen LogP contribution in [0.4, 0.5) is 5.13 Å². The second-order valence-electron chi connectivity index (χ2n) is 7.93. The van der Waals surface area contributed by atoms with Gasteiger partial charge in [0.1, 0.15) is 5.75 Å². The molecule has 0 radical (unpaired) electrons. The van der Waals surface area contributed by atoms with Gasteiger partial charge in [-0.15, -0.1) is 11.3 Å². The maximum Gasteiger partial charge on any atom is 0.264 e. The Hall–Kier alpha value is -2.70. The molecule has 0 saturated carbocycles. The molecule has 1 amide bonds. The summed E-state index contributed by atoms with van der Waals surface area (Å²) in [6.45, 7) is 7.03. The number of amides is 1. The Morgan fingerprint density at radius 2 is 1.93 bits per heavy atom. The van der Waals surface area contributed by atoms with Crippen molar-refractivity contribution >= 4 is 22.4 Å². The van der Waals surface area contributed by atoms with Crippen LogP contribution in [0.15, 0.2) is 53.9 Å². The molecule has 1 aliphatic rings. The number of aromatic nitrogens is 1. The van der Waals surface area contributed by atoms with E-state index in [-0.39, 0.29) is 12.5 Å². The van der Waals surface area contributed by atoms with Crippen LogP contribution < -0.4 is 10.1 Å². The summed E-state index contributed by atoms with van der Waals surface area (Å²) in [6, 6.07) is 16.5. The number of thiazole rings is 1. The molecule has 5 nitrogen and oxygen atoms in total. The molecule has 1 aromatic heterocycles. The average Bonchev–Trinajstić information content (AvgIpc) is 3.19. The Morgan fingerprint density at radius 3 is 2.70 bits per heavy atom. The molecule has 4 rings (SSSR count). The number of hydrogen-bond donors (Lipinski definition) is 1. The molecular weight excluding hydrogens is 394 g/mol. The minimum absolute atomic E-state index is 0.0289. The standard InChI is InChI=1S/C24H27N3O2S/c1-17(2)18-7-9-22(10-8-18)29-15-23(28)26-24-25-21(16-30-24)14-27-12-11-19-5-3-4-6-20(19)13-27/h3-10,16-17H,11-15H2,1-2H3,(H,25,26,28). The van der Waals surface area contributed by atoms with E-state index in [0.717, 1.165) is 31.7 Å². The van der Waals surface area contributed by atoms with Crippen LogP contribution in [0.3, 0.4) is 0 Å². The summed E-state index contributed by atoms with van der Waals surface area (Å²) in [5.74, 6) is 0.969. The van der Waals surface area contributed by atoms with E-state index in [9.17, 15) is 4.79 Å². The number of anilines is 1. The number of carbonyl (C=O) groups is 1. The Morgan fingerprint density at radius 1 is 1.17 bits per heavy atom. The van der Waals surface area contributed by atoms with Crippen LogP contribution in [0.1, 0.15) is 42.1 Å². The summed E-state index contributed by atoms with van der Waals surface area (Å²) >= 11 is 1.45. The van der Waals surface area contributed by atoms with Gasteiger partial charge in [0, 0.05) is 25.0 Å². The number of hydrogen-bond acceptors (Lipinski definition) is 5. The van der Waals surface area contributed by atoms with E-state index in [1.807, 2.05) is 29.6 Å². The topological polar surface area (TPSA) is 54.5 Å². The van der Waals surface area contributed by atoms with E-state index in [2.05, 4.69) is 53.3 Å². The van der Waals surface area contributed by atoms with Crippen molar-refractivity contribution in [2.75, 3.05) is 18.5 Å². The lowest BCUT2D eigenvalue weighted by Gasteiger charge is -2.27. The molecule has 0 unspecified atom stereocenters. The molecule has 0 bridgehead atoms. The number of rotatable bonds is 7. The van der Waals surface area contributed by atoms with Crippen LogP contribution in [0.5, 0.6) is 5.75 Å². The van der Waals surface area contributed by atoms with Gasteiger partial charge in [0.15, 0.2) is 11.7 Å². The summed E-state index contributed by atoms with van der Waals surface area (Å²) < 4.78 is 5.59. The van der Waals surface area contributed by atoms with E-state index in [1.165, 1.54) is 28.0 Å². The van der Waals surface area contributed by atoms with Crippen molar-refractivity contribution in [1.29, 1.82) is 0 Å². The fourth-order valence-corrected chi connectivity index (χ4v) is 4.33. The quantitative estimate of drug-likeness (QED) is 0.593. The summed E-state index contributed by atoms with van der Waals surface area (Å²) in [5, 5.41) is 5.47. The van der Waals surface area contributed by atoms with Crippen molar-refractivity contribution in [3.8, 4) is 5.75 Å². The molecule has 0 saturated heterocycles. The van der Waals surface area contributed by atoms with Crippen molar-refractivity contribution in [2.45, 2.75) is 39.3 Å². The largest absolute Gasteiger partial charge is 0.484 e. The van der Waals surface area contributed by atoms with Gasteiger partial charge in [-0.25, -0.2) is 4.98 Å². The van der Waals surface area contributed by atoms with Gasteiger partial charge in [-0.2, -0.15) is 0 Å². The summed E-state index contributed by atoms with van der Waals surface area (Å²) in [5.41, 5.74) is 5.07. The van der Waals surface area contributed by atoms with E-state index in [4.69, 9.17) is 4.74 Å². The molecule has 1 aliphatic heterocycles. The molecule has 1 N–H and O–H groups in total. The van der Waals surface area contributed by atoms with Crippen LogP contribution >= 0.6 is 11.3 Å². The molecule has 0 spiro atoms. The van der Waals surface area contributed by atoms with Crippen LogP contribution in [0.2, 0.25) is 0 Å². The number of fused-ring (bicyclic) bond motifs is 1. The fraction of sp³-hybridized carbons (Fsp3) is 0.333. The first-order chi connectivity index (χ1) is 14.6. The first-order valence-corrected chi connectivity index (χ1v) is 11.2. The zero-order valence-electron chi connectivity index (χ0n) is 17.4. The molecule has 0 atom stereocenters. The van der Waals surface area contributed by atoms with Crippen molar-refractivity contribution in [3.63, 3.8) is 0 Å². The zero-order chi connectivity index (χ0) is 20.9. The van der Waals surface area contributed by atoms with Crippen molar-refractivity contribution in [3.05, 3.63) is 76.3 Å². The highest BCUT2D eigenvalue weighted by atomic mass is 32.1. The van der Waals surface area contributed by atoms with Gasteiger partial charge in [0.2, 0.25) is 0 Å². The third kappa shape index (κ3) is 5.26. The normalized spacial score (nSPS) is 13.8. The monoisotopic (exact) mass is 421 g/mol. The van der Waals surface area contributed by atoms with Crippen molar-refractivity contribution < 1.29 is 9.53 Å². The minimum Gasteiger partial charge on any atom is -0.484 e. The average molecular weight is 422 g/mol. The van der Waals surface area contributed by atoms with Gasteiger partial charge in [0.05, 0.1) is 5.69 Å². The molecule has 6 heteroatoms. The lowest BCUT2D eigenvalue weighted by atomic mass is 10.00. The van der Waals surface area contributed by atoms with E-state index < -0.39 is 0 Å². The van der Waals surface area contributed by atoms with Gasteiger partial charge in [-0.3, -0.25) is 15.0 Å². The lowest BCUT2D eigenvalue weighted by molar-refractivity contribution is -0.118. The Bertz CT molecular complexity index is 998. The maximum absolute atomic E-state index is 12.2. The molecule has 3 aromatic rings. The summed E-state index contributed by atoms with van der Waals surface area (Å²) in [6.07, 6.45) is 1.07. The summed E-state index contributed by atoms with van der Waals surface area (Å²) in [7, 11) is 0. The third-order valence-corrected chi connectivity index (χ3v) is 6.12. The molecule has 2 heterocycles. The zero-order valence-corrected chi connectivity index (χ0v) is 18.2. The van der Waals surface area contributed by atoms with E-state index in [0.29, 0.717) is 16.8 Å². The molecule has 2 aromatic carbocycles. The highest BCUT2D eigenvalue weighted by molar-refractivity contribution is 7.13. The highest BCUT2D eigenvalue weighted by Gasteiger charge is 2.17. The first kappa shape index (κ1) is 20.6. The van der Waals surface area contributed by atoms with Crippen molar-refractivity contribution in [1.82, 2.24) is 9.88 Å². The summed E-state index contributed by atoms with van der Waals surface area (Å²) in [4.78, 5) is 19.2. The number of ether oxygens (including phenoxy) is 1. The fourth-order valence-electron chi connectivity index (χ4n) is 3.61. The SMILES string of the molecule is CC(C)c1ccc(OCC(=O)Nc2nc(CN3CCc4ccccc4C3)cs2)cc1. The second-order valence-corrected chi connectivity index (χ2v) is 8.79. The maximum atomic E-state index is 12.2. The van der Waals surface area contributed by atoms with Crippen LogP contribution in [-0.2, 0) is 24.3 Å². The predicted octanol–water partition coefficient (Wildman–Crippen LogP) is 4.84. The highest BCUT2D eigenvalue weighted by Crippen LogP contribution is 2.22. The Balaban J connectivity index is 1.25. The van der Waals surface area contributed by atoms with Gasteiger partial charge >= 0.3 is 0 Å². The van der Waals surface area contributed by atoms with Crippen LogP contribution in [-0.4, -0.2) is 28.9 Å². The number of nitrogens with one attached hydrogen (secondary N) is 1. The molecule has 30 heavy (non-hydrogen) atoms. The lowest BCUT2D eigenvalue weighted by Crippen LogP contribution is -2.30. The van der Waals surface area contributed by atoms with Crippen LogP contribution in [0, 0.1) is 0 Å². The second kappa shape index (κ2) is 9.41. The minimum atomic E-state index is -0.198. The predicted molar refractivity (Wildman–Crippen MR) is 121 cm³/mol. The van der Waals surface area contributed by atoms with Crippen molar-refractivity contribution in [2.24, 2.45) is 0 Å². The molecule has 156 valence electrons. The van der Waals surface area contributed by atoms with Gasteiger partial charge in [-0.1, -0.05) is 50.2 Å². The number of carbonyl (C=O) groups excluding carboxylic acids is 1. The first-order valence-electron chi connectivity index (χ1n) is 10.3. The third-order valence-electron chi connectivity index (χ3n) is 5.31. The number of benzene rings is 2. The molecule has 0 aliphatic carbocycles. The Labute approximate surface area is 181 Å². The number of nitrogens with zero attached hydrogens (tertiary/aromatic N) is 2. The molecule has 0 fully saturated rings. The molecular formula is C24H27N3O2S. The van der Waals surface area contributed by atoms with E-state index >= 15 is 0 Å². The van der Waals surface area contributed by atoms with Gasteiger partial charge in [-0.05, 0) is 41.2 Å². The van der Waals surface area contributed by atoms with Crippen LogP contribution in [0.25, 0.3) is 0 Å². The van der Waals surface area contributed by atoms with Gasteiger partial charge in [0.25, 0.3) is 5.91 Å². The van der Waals surface area contributed by atoms with Gasteiger partial charge < -0.3 is 4.74 Å². The Kier molecular flexibility index (Phi) is 6.45.